The van der Waals surface area contributed by atoms with Crippen molar-refractivity contribution in [2.45, 2.75) is 33.6 Å². The normalized spacial score (nSPS) is 10.2. The van der Waals surface area contributed by atoms with Gasteiger partial charge in [0.15, 0.2) is 0 Å². The third-order valence-corrected chi connectivity index (χ3v) is 2.83. The van der Waals surface area contributed by atoms with Gasteiger partial charge in [-0.15, -0.1) is 0 Å². The molecule has 0 bridgehead atoms. The van der Waals surface area contributed by atoms with Crippen molar-refractivity contribution < 1.29 is 4.79 Å². The average Bonchev–Trinajstić information content (AvgIpc) is 2.36. The minimum Gasteiger partial charge on any atom is -0.385 e. The van der Waals surface area contributed by atoms with Gasteiger partial charge >= 0.3 is 0 Å². The molecule has 0 spiro atoms. The van der Waals surface area contributed by atoms with Crippen molar-refractivity contribution in [2.75, 3.05) is 25.5 Å². The van der Waals surface area contributed by atoms with E-state index in [4.69, 9.17) is 0 Å². The fourth-order valence-corrected chi connectivity index (χ4v) is 1.77. The molecule has 0 unspecified atom stereocenters. The number of hydrogen-bond donors (Lipinski definition) is 1. The summed E-state index contributed by atoms with van der Waals surface area (Å²) < 4.78 is 0. The predicted molar refractivity (Wildman–Crippen MR) is 75.0 cm³/mol. The van der Waals surface area contributed by atoms with E-state index in [-0.39, 0.29) is 5.91 Å². The first kappa shape index (κ1) is 14.5. The summed E-state index contributed by atoms with van der Waals surface area (Å²) in [7, 11) is 1.84. The number of carbonyl (C=O) groups excluding carboxylic acids is 1. The average molecular weight is 249 g/mol. The van der Waals surface area contributed by atoms with Crippen LogP contribution in [0.5, 0.6) is 0 Å². The van der Waals surface area contributed by atoms with Gasteiger partial charge in [0.25, 0.3) is 5.91 Å². The first-order valence-corrected chi connectivity index (χ1v) is 6.56. The van der Waals surface area contributed by atoms with Crippen LogP contribution in [0.4, 0.5) is 5.69 Å². The predicted octanol–water partition coefficient (Wildman–Crippen LogP) is 2.69. The van der Waals surface area contributed by atoms with Gasteiger partial charge in [-0.05, 0) is 26.3 Å². The van der Waals surface area contributed by atoms with Gasteiger partial charge < -0.3 is 10.2 Å². The summed E-state index contributed by atoms with van der Waals surface area (Å²) in [6.45, 7) is 7.65. The number of pyridine rings is 1. The molecule has 0 radical (unpaired) electrons. The van der Waals surface area contributed by atoms with Gasteiger partial charge in [0, 0.05) is 32.0 Å². The van der Waals surface area contributed by atoms with Crippen LogP contribution in [-0.4, -0.2) is 35.9 Å². The van der Waals surface area contributed by atoms with E-state index >= 15 is 0 Å². The zero-order chi connectivity index (χ0) is 13.5. The van der Waals surface area contributed by atoms with Crippen molar-refractivity contribution in [3.05, 3.63) is 23.5 Å². The van der Waals surface area contributed by atoms with Gasteiger partial charge in [0.2, 0.25) is 0 Å². The molecule has 1 aromatic rings. The molecule has 0 aromatic carbocycles. The largest absolute Gasteiger partial charge is 0.385 e. The fraction of sp³-hybridized carbons (Fsp3) is 0.571. The van der Waals surface area contributed by atoms with Gasteiger partial charge in [-0.1, -0.05) is 13.3 Å². The molecule has 0 aliphatic rings. The third kappa shape index (κ3) is 3.72. The maximum Gasteiger partial charge on any atom is 0.257 e. The molecule has 4 heteroatoms. The van der Waals surface area contributed by atoms with E-state index in [0.29, 0.717) is 5.56 Å². The minimum atomic E-state index is 0.0342. The number of amides is 1. The second kappa shape index (κ2) is 6.99. The zero-order valence-electron chi connectivity index (χ0n) is 11.8. The van der Waals surface area contributed by atoms with E-state index in [9.17, 15) is 4.79 Å². The smallest absolute Gasteiger partial charge is 0.257 e. The molecule has 1 aromatic heterocycles. The monoisotopic (exact) mass is 249 g/mol. The summed E-state index contributed by atoms with van der Waals surface area (Å²) in [6, 6.07) is 1.92. The molecule has 0 atom stereocenters. The number of hydrogen-bond acceptors (Lipinski definition) is 3. The number of anilines is 1. The number of aromatic nitrogens is 1. The van der Waals surface area contributed by atoms with E-state index in [1.54, 1.807) is 11.1 Å². The molecule has 1 rings (SSSR count). The standard InChI is InChI=1S/C14H23N3O/c1-5-7-8-17(4)14(18)12-10-16-11(3)9-13(12)15-6-2/h9-10H,5-8H2,1-4H3,(H,15,16). The number of aryl methyl sites for hydroxylation is 1. The lowest BCUT2D eigenvalue weighted by molar-refractivity contribution is 0.0794. The lowest BCUT2D eigenvalue weighted by Crippen LogP contribution is -2.28. The Bertz CT molecular complexity index is 404. The maximum absolute atomic E-state index is 12.3. The fourth-order valence-electron chi connectivity index (χ4n) is 1.77. The summed E-state index contributed by atoms with van der Waals surface area (Å²) >= 11 is 0. The number of unbranched alkanes of at least 4 members (excludes halogenated alkanes) is 1. The number of carbonyl (C=O) groups is 1. The lowest BCUT2D eigenvalue weighted by Gasteiger charge is -2.19. The van der Waals surface area contributed by atoms with Crippen molar-refractivity contribution in [3.8, 4) is 0 Å². The van der Waals surface area contributed by atoms with Crippen LogP contribution in [0.1, 0.15) is 42.7 Å². The number of nitrogens with zero attached hydrogens (tertiary/aromatic N) is 2. The molecule has 0 aliphatic carbocycles. The quantitative estimate of drug-likeness (QED) is 0.843. The Hall–Kier alpha value is -1.58. The SMILES string of the molecule is CCCCN(C)C(=O)c1cnc(C)cc1NCC. The molecule has 0 saturated carbocycles. The number of rotatable bonds is 6. The van der Waals surface area contributed by atoms with Crippen LogP contribution < -0.4 is 5.32 Å². The minimum absolute atomic E-state index is 0.0342. The molecule has 0 saturated heterocycles. The molecule has 1 amide bonds. The van der Waals surface area contributed by atoms with Crippen molar-refractivity contribution in [1.82, 2.24) is 9.88 Å². The van der Waals surface area contributed by atoms with E-state index in [2.05, 4.69) is 17.2 Å². The Morgan fingerprint density at radius 1 is 1.44 bits per heavy atom. The third-order valence-electron chi connectivity index (χ3n) is 2.83. The van der Waals surface area contributed by atoms with Crippen LogP contribution in [0, 0.1) is 6.92 Å². The van der Waals surface area contributed by atoms with Crippen LogP contribution >= 0.6 is 0 Å². The van der Waals surface area contributed by atoms with Crippen molar-refractivity contribution in [3.63, 3.8) is 0 Å². The van der Waals surface area contributed by atoms with Crippen molar-refractivity contribution >= 4 is 11.6 Å². The summed E-state index contributed by atoms with van der Waals surface area (Å²) in [4.78, 5) is 18.3. The van der Waals surface area contributed by atoms with Gasteiger partial charge in [0.05, 0.1) is 11.3 Å². The lowest BCUT2D eigenvalue weighted by atomic mass is 10.1. The summed E-state index contributed by atoms with van der Waals surface area (Å²) in [5, 5.41) is 3.22. The van der Waals surface area contributed by atoms with Crippen LogP contribution in [0.3, 0.4) is 0 Å². The van der Waals surface area contributed by atoms with E-state index in [0.717, 1.165) is 37.3 Å². The summed E-state index contributed by atoms with van der Waals surface area (Å²) in [5.41, 5.74) is 2.44. The zero-order valence-corrected chi connectivity index (χ0v) is 11.8. The highest BCUT2D eigenvalue weighted by molar-refractivity contribution is 5.99. The van der Waals surface area contributed by atoms with Crippen LogP contribution in [0.15, 0.2) is 12.3 Å². The first-order valence-electron chi connectivity index (χ1n) is 6.56. The molecule has 4 nitrogen and oxygen atoms in total. The van der Waals surface area contributed by atoms with Crippen LogP contribution in [0.2, 0.25) is 0 Å². The van der Waals surface area contributed by atoms with Gasteiger partial charge in [-0.25, -0.2) is 0 Å². The van der Waals surface area contributed by atoms with Crippen molar-refractivity contribution in [2.24, 2.45) is 0 Å². The van der Waals surface area contributed by atoms with Gasteiger partial charge in [-0.2, -0.15) is 0 Å². The Morgan fingerprint density at radius 3 is 2.78 bits per heavy atom. The highest BCUT2D eigenvalue weighted by Gasteiger charge is 2.15. The second-order valence-corrected chi connectivity index (χ2v) is 4.48. The molecule has 0 aliphatic heterocycles. The second-order valence-electron chi connectivity index (χ2n) is 4.48. The first-order chi connectivity index (χ1) is 8.60. The summed E-state index contributed by atoms with van der Waals surface area (Å²) in [5.74, 6) is 0.0342. The van der Waals surface area contributed by atoms with E-state index in [1.165, 1.54) is 0 Å². The molecule has 0 fully saturated rings. The summed E-state index contributed by atoms with van der Waals surface area (Å²) in [6.07, 6.45) is 3.78. The molecule has 100 valence electrons. The Labute approximate surface area is 109 Å². The highest BCUT2D eigenvalue weighted by atomic mass is 16.2. The Balaban J connectivity index is 2.90. The maximum atomic E-state index is 12.3. The molecule has 1 N–H and O–H groups in total. The molecular formula is C14H23N3O. The Kier molecular flexibility index (Phi) is 5.62. The van der Waals surface area contributed by atoms with E-state index in [1.807, 2.05) is 27.0 Å². The van der Waals surface area contributed by atoms with Crippen LogP contribution in [0.25, 0.3) is 0 Å². The molecule has 18 heavy (non-hydrogen) atoms. The topological polar surface area (TPSA) is 45.2 Å². The Morgan fingerprint density at radius 2 is 2.17 bits per heavy atom. The van der Waals surface area contributed by atoms with Gasteiger partial charge in [-0.3, -0.25) is 9.78 Å². The molecule has 1 heterocycles. The van der Waals surface area contributed by atoms with E-state index < -0.39 is 0 Å². The molecular weight excluding hydrogens is 226 g/mol. The van der Waals surface area contributed by atoms with Crippen LogP contribution in [-0.2, 0) is 0 Å². The van der Waals surface area contributed by atoms with Crippen molar-refractivity contribution in [1.29, 1.82) is 0 Å². The number of nitrogens with one attached hydrogen (secondary N) is 1. The highest BCUT2D eigenvalue weighted by Crippen LogP contribution is 2.17. The van der Waals surface area contributed by atoms with Gasteiger partial charge in [0.1, 0.15) is 0 Å².